The Morgan fingerprint density at radius 1 is 1.67 bits per heavy atom. The third kappa shape index (κ3) is 1.81. The second-order valence-electron chi connectivity index (χ2n) is 1.11. The molecule has 0 radical (unpaired) electrons. The molecule has 0 saturated heterocycles. The monoisotopic (exact) mass is 177 g/mol. The van der Waals surface area contributed by atoms with Gasteiger partial charge in [-0.3, -0.25) is 0 Å². The zero-order valence-corrected chi connectivity index (χ0v) is 6.72. The van der Waals surface area contributed by atoms with Gasteiger partial charge in [-0.05, 0) is 32.9 Å². The van der Waals surface area contributed by atoms with Crippen LogP contribution in [0.15, 0.2) is 4.99 Å². The van der Waals surface area contributed by atoms with Crippen molar-refractivity contribution in [3.63, 3.8) is 0 Å². The lowest BCUT2D eigenvalue weighted by atomic mass is 11.1. The van der Waals surface area contributed by atoms with E-state index in [-0.39, 0.29) is 0 Å². The van der Waals surface area contributed by atoms with Gasteiger partial charge in [0.2, 0.25) is 5.13 Å². The summed E-state index contributed by atoms with van der Waals surface area (Å²) < 4.78 is 0.612. The molecule has 0 amide bonds. The highest BCUT2D eigenvalue weighted by molar-refractivity contribution is 7.79. The zero-order chi connectivity index (χ0) is 6.69. The molecule has 1 aromatic heterocycles. The van der Waals surface area contributed by atoms with Gasteiger partial charge in [-0.2, -0.15) is 4.98 Å². The molecule has 6 heteroatoms. The number of aliphatic imine (C=N–C) groups is 1. The topological polar surface area (TPSA) is 51.3 Å². The van der Waals surface area contributed by atoms with E-state index in [0.29, 0.717) is 9.09 Å². The maximum absolute atomic E-state index is 5.02. The van der Waals surface area contributed by atoms with Crippen LogP contribution in [-0.4, -0.2) is 11.3 Å². The van der Waals surface area contributed by atoms with E-state index in [1.165, 1.54) is 27.0 Å². The summed E-state index contributed by atoms with van der Waals surface area (Å²) in [4.78, 5) is 7.61. The molecule has 1 heterocycles. The predicted molar refractivity (Wildman–Crippen MR) is 43.2 cm³/mol. The summed E-state index contributed by atoms with van der Waals surface area (Å²) in [6.45, 7) is 0. The second-order valence-corrected chi connectivity index (χ2v) is 3.84. The Labute approximate surface area is 64.3 Å². The van der Waals surface area contributed by atoms with E-state index in [4.69, 9.17) is 18.0 Å². The van der Waals surface area contributed by atoms with Crippen LogP contribution in [-0.2, 0) is 0 Å². The Bertz CT molecular complexity index is 259. The highest BCUT2D eigenvalue weighted by Gasteiger charge is 1.90. The van der Waals surface area contributed by atoms with Crippen molar-refractivity contribution in [3.05, 3.63) is 3.95 Å². The summed E-state index contributed by atoms with van der Waals surface area (Å²) in [6, 6.07) is 0. The quantitative estimate of drug-likeness (QED) is 0.306. The van der Waals surface area contributed by atoms with Crippen molar-refractivity contribution >= 4 is 44.4 Å². The fraction of sp³-hybridized carbons (Fsp3) is 0. The molecule has 2 N–H and O–H groups in total. The first kappa shape index (κ1) is 6.79. The van der Waals surface area contributed by atoms with Gasteiger partial charge in [-0.15, -0.1) is 0 Å². The first-order valence-electron chi connectivity index (χ1n) is 2.04. The molecular weight excluding hydrogens is 174 g/mol. The molecule has 1 aromatic rings. The van der Waals surface area contributed by atoms with Crippen LogP contribution in [0.4, 0.5) is 5.13 Å². The van der Waals surface area contributed by atoms with Crippen LogP contribution in [0, 0.1) is 3.95 Å². The molecular formula is C3H3N3S3. The summed E-state index contributed by atoms with van der Waals surface area (Å²) >= 11 is 4.75. The number of hydrogen-bond acceptors (Lipinski definition) is 5. The predicted octanol–water partition coefficient (Wildman–Crippen LogP) is 1.55. The lowest BCUT2D eigenvalue weighted by molar-refractivity contribution is 1.36. The first-order chi connectivity index (χ1) is 4.33. The van der Waals surface area contributed by atoms with Gasteiger partial charge < -0.3 is 5.73 Å². The maximum Gasteiger partial charge on any atom is 0.222 e. The number of rotatable bonds is 1. The summed E-state index contributed by atoms with van der Waals surface area (Å²) in [5, 5.41) is 0.632. The van der Waals surface area contributed by atoms with Gasteiger partial charge in [-0.25, -0.2) is 4.99 Å². The summed E-state index contributed by atoms with van der Waals surface area (Å²) in [5.41, 5.74) is 5.02. The van der Waals surface area contributed by atoms with E-state index in [1.807, 2.05) is 0 Å². The van der Waals surface area contributed by atoms with Gasteiger partial charge in [0, 0.05) is 0 Å². The molecule has 0 atom stereocenters. The first-order valence-corrected chi connectivity index (χ1v) is 4.60. The summed E-state index contributed by atoms with van der Waals surface area (Å²) in [6.07, 6.45) is 1.21. The van der Waals surface area contributed by atoms with Gasteiger partial charge >= 0.3 is 0 Å². The lowest BCUT2D eigenvalue weighted by Crippen LogP contribution is -1.85. The minimum absolute atomic E-state index is 0.612. The molecule has 3 nitrogen and oxygen atoms in total. The van der Waals surface area contributed by atoms with Crippen molar-refractivity contribution < 1.29 is 0 Å². The van der Waals surface area contributed by atoms with E-state index in [1.54, 1.807) is 0 Å². The van der Waals surface area contributed by atoms with Crippen LogP contribution < -0.4 is 5.73 Å². The number of nitrogens with zero attached hydrogens (tertiary/aromatic N) is 2. The van der Waals surface area contributed by atoms with Gasteiger partial charge in [0.1, 0.15) is 0 Å². The Balaban J connectivity index is 2.98. The van der Waals surface area contributed by atoms with Crippen LogP contribution in [0.3, 0.4) is 0 Å². The molecule has 0 saturated carbocycles. The van der Waals surface area contributed by atoms with E-state index in [0.717, 1.165) is 0 Å². The molecule has 0 bridgehead atoms. The van der Waals surface area contributed by atoms with Crippen LogP contribution in [0.25, 0.3) is 0 Å². The minimum Gasteiger partial charge on any atom is -0.390 e. The standard InChI is InChI=1S/C3H3N3S3/c4-1-5-2-6-3(7)9-8-2/h1H,(H2,4,5,6,7). The SMILES string of the molecule is NC=Nc1nc(=S)ss1. The molecule has 48 valence electrons. The Morgan fingerprint density at radius 2 is 2.44 bits per heavy atom. The number of hydrogen-bond donors (Lipinski definition) is 1. The fourth-order valence-corrected chi connectivity index (χ4v) is 2.10. The van der Waals surface area contributed by atoms with Gasteiger partial charge in [0.15, 0.2) is 3.95 Å². The molecule has 9 heavy (non-hydrogen) atoms. The van der Waals surface area contributed by atoms with E-state index >= 15 is 0 Å². The molecule has 0 aromatic carbocycles. The van der Waals surface area contributed by atoms with Crippen LogP contribution in [0.2, 0.25) is 0 Å². The molecule has 0 spiro atoms. The normalized spacial score (nSPS) is 10.7. The van der Waals surface area contributed by atoms with Crippen molar-refractivity contribution in [2.75, 3.05) is 0 Å². The second kappa shape index (κ2) is 3.00. The summed E-state index contributed by atoms with van der Waals surface area (Å²) in [7, 11) is 2.84. The molecule has 0 aliphatic carbocycles. The molecule has 1 rings (SSSR count). The van der Waals surface area contributed by atoms with E-state index < -0.39 is 0 Å². The van der Waals surface area contributed by atoms with Crippen LogP contribution in [0.5, 0.6) is 0 Å². The molecule has 0 fully saturated rings. The summed E-state index contributed by atoms with van der Waals surface area (Å²) in [5.74, 6) is 0. The van der Waals surface area contributed by atoms with Gasteiger partial charge in [0.05, 0.1) is 6.34 Å². The average Bonchev–Trinajstić information content (AvgIpc) is 2.17. The lowest BCUT2D eigenvalue weighted by Gasteiger charge is -1.73. The van der Waals surface area contributed by atoms with E-state index in [2.05, 4.69) is 9.98 Å². The Hall–Kier alpha value is -0.330. The fourth-order valence-electron chi connectivity index (χ4n) is 0.302. The largest absolute Gasteiger partial charge is 0.390 e. The van der Waals surface area contributed by atoms with Crippen LogP contribution >= 0.6 is 32.9 Å². The smallest absolute Gasteiger partial charge is 0.222 e. The van der Waals surface area contributed by atoms with Crippen molar-refractivity contribution in [2.45, 2.75) is 0 Å². The van der Waals surface area contributed by atoms with Gasteiger partial charge in [0.25, 0.3) is 0 Å². The van der Waals surface area contributed by atoms with Gasteiger partial charge in [-0.1, -0.05) is 0 Å². The number of aromatic nitrogens is 1. The highest BCUT2D eigenvalue weighted by Crippen LogP contribution is 2.20. The third-order valence-electron chi connectivity index (χ3n) is 0.559. The van der Waals surface area contributed by atoms with Crippen molar-refractivity contribution in [1.29, 1.82) is 0 Å². The van der Waals surface area contributed by atoms with Crippen molar-refractivity contribution in [3.8, 4) is 0 Å². The third-order valence-corrected chi connectivity index (χ3v) is 3.05. The van der Waals surface area contributed by atoms with Crippen molar-refractivity contribution in [2.24, 2.45) is 10.7 Å². The highest BCUT2D eigenvalue weighted by atomic mass is 32.9. The number of nitrogens with two attached hydrogens (primary N) is 1. The zero-order valence-electron chi connectivity index (χ0n) is 4.27. The minimum atomic E-state index is 0.612. The molecule has 0 unspecified atom stereocenters. The van der Waals surface area contributed by atoms with Crippen molar-refractivity contribution in [1.82, 2.24) is 4.98 Å². The maximum atomic E-state index is 5.02. The Morgan fingerprint density at radius 3 is 2.89 bits per heavy atom. The average molecular weight is 177 g/mol. The van der Waals surface area contributed by atoms with Crippen LogP contribution in [0.1, 0.15) is 0 Å². The molecule has 0 aliphatic rings. The Kier molecular flexibility index (Phi) is 2.26. The van der Waals surface area contributed by atoms with E-state index in [9.17, 15) is 0 Å². The molecule has 0 aliphatic heterocycles.